The van der Waals surface area contributed by atoms with Crippen LogP contribution < -0.4 is 0 Å². The van der Waals surface area contributed by atoms with Gasteiger partial charge >= 0.3 is 0 Å². The van der Waals surface area contributed by atoms with Crippen LogP contribution in [0.1, 0.15) is 31.7 Å². The van der Waals surface area contributed by atoms with Gasteiger partial charge in [0.05, 0.1) is 5.70 Å². The quantitative estimate of drug-likeness (QED) is 0.517. The Morgan fingerprint density at radius 1 is 1.20 bits per heavy atom. The van der Waals surface area contributed by atoms with Gasteiger partial charge < -0.3 is 24.7 Å². The summed E-state index contributed by atoms with van der Waals surface area (Å²) in [5.74, 6) is 0.230. The number of carbonyl (C=O) groups excluding carboxylic acids is 1. The molecule has 1 unspecified atom stereocenters. The molecule has 2 N–H and O–H groups in total. The third kappa shape index (κ3) is 2.90. The largest absolute Gasteiger partial charge is 0.487 e. The Balaban J connectivity index is 1.50. The van der Waals surface area contributed by atoms with E-state index in [0.29, 0.717) is 17.4 Å². The summed E-state index contributed by atoms with van der Waals surface area (Å²) in [5, 5.41) is 23.1. The van der Waals surface area contributed by atoms with Crippen molar-refractivity contribution in [3.8, 4) is 0 Å². The van der Waals surface area contributed by atoms with Gasteiger partial charge in [-0.2, -0.15) is 0 Å². The maximum atomic E-state index is 14.1. The number of aliphatic hydroxyl groups is 2. The summed E-state index contributed by atoms with van der Waals surface area (Å²) in [6, 6.07) is 10.1. The summed E-state index contributed by atoms with van der Waals surface area (Å²) < 4.78 is 6.52. The van der Waals surface area contributed by atoms with Gasteiger partial charge in [-0.05, 0) is 44.5 Å². The predicted octanol–water partition coefficient (Wildman–Crippen LogP) is 2.90. The van der Waals surface area contributed by atoms with Crippen molar-refractivity contribution >= 4 is 11.5 Å². The number of nitrogens with zero attached hydrogens (tertiary/aromatic N) is 2. The van der Waals surface area contributed by atoms with E-state index >= 15 is 0 Å². The first-order chi connectivity index (χ1) is 16.7. The lowest BCUT2D eigenvalue weighted by atomic mass is 9.51. The lowest BCUT2D eigenvalue weighted by molar-refractivity contribution is -0.137. The third-order valence-electron chi connectivity index (χ3n) is 9.06. The highest BCUT2D eigenvalue weighted by Gasteiger charge is 2.68. The van der Waals surface area contributed by atoms with Crippen molar-refractivity contribution in [2.24, 2.45) is 11.3 Å². The first kappa shape index (κ1) is 22.8. The zero-order valence-corrected chi connectivity index (χ0v) is 20.9. The SMILES string of the molecule is C/C(C(=O)C1(O)CC=C2C[C@@H]3[C@@H]4C=C[C@H](O)[C@@H]5OC1=C2[C@]45CCN3C)=C(\c1ccccc1)N(C)C. The van der Waals surface area contributed by atoms with Crippen molar-refractivity contribution in [1.82, 2.24) is 9.80 Å². The van der Waals surface area contributed by atoms with Crippen LogP contribution in [0, 0.1) is 11.3 Å². The Kier molecular flexibility index (Phi) is 4.99. The molecule has 2 bridgehead atoms. The molecule has 3 aliphatic carbocycles. The number of rotatable bonds is 4. The molecule has 1 aromatic carbocycles. The number of likely N-dealkylation sites (tertiary alicyclic amines) is 1. The molecule has 6 nitrogen and oxygen atoms in total. The molecule has 1 saturated heterocycles. The van der Waals surface area contributed by atoms with Crippen molar-refractivity contribution < 1.29 is 19.7 Å². The minimum Gasteiger partial charge on any atom is -0.487 e. The fourth-order valence-corrected chi connectivity index (χ4v) is 7.52. The van der Waals surface area contributed by atoms with E-state index in [1.807, 2.05) is 55.4 Å². The number of Topliss-reactive ketones (excluding diaryl/α,β-unsaturated/α-hetero) is 1. The Morgan fingerprint density at radius 2 is 1.94 bits per heavy atom. The van der Waals surface area contributed by atoms with E-state index in [-0.39, 0.29) is 18.1 Å². The second kappa shape index (κ2) is 7.66. The molecule has 0 aromatic heterocycles. The van der Waals surface area contributed by atoms with Crippen LogP contribution in [0.5, 0.6) is 0 Å². The number of ether oxygens (including phenoxy) is 1. The summed E-state index contributed by atoms with van der Waals surface area (Å²) in [5.41, 5.74) is 2.17. The Labute approximate surface area is 206 Å². The van der Waals surface area contributed by atoms with E-state index in [2.05, 4.69) is 24.1 Å². The van der Waals surface area contributed by atoms with Crippen LogP contribution in [0.15, 0.2) is 71.0 Å². The van der Waals surface area contributed by atoms with Gasteiger partial charge in [-0.3, -0.25) is 4.79 Å². The fourth-order valence-electron chi connectivity index (χ4n) is 7.52. The van der Waals surface area contributed by atoms with E-state index in [4.69, 9.17) is 4.74 Å². The maximum absolute atomic E-state index is 14.1. The Morgan fingerprint density at radius 3 is 2.66 bits per heavy atom. The van der Waals surface area contributed by atoms with Crippen LogP contribution in [0.4, 0.5) is 0 Å². The average molecular weight is 475 g/mol. The zero-order valence-electron chi connectivity index (χ0n) is 20.9. The summed E-state index contributed by atoms with van der Waals surface area (Å²) in [6.45, 7) is 2.69. The fraction of sp³-hybridized carbons (Fsp3) is 0.483. The molecule has 2 fully saturated rings. The molecule has 1 spiro atoms. The molecule has 0 amide bonds. The van der Waals surface area contributed by atoms with Gasteiger partial charge in [0.2, 0.25) is 0 Å². The number of hydrogen-bond donors (Lipinski definition) is 2. The number of benzene rings is 1. The highest BCUT2D eigenvalue weighted by atomic mass is 16.5. The van der Waals surface area contributed by atoms with Gasteiger partial charge in [-0.1, -0.05) is 48.6 Å². The smallest absolute Gasteiger partial charge is 0.200 e. The Hall–Kier alpha value is -2.67. The first-order valence-electron chi connectivity index (χ1n) is 12.6. The third-order valence-corrected chi connectivity index (χ3v) is 9.06. The number of carbonyl (C=O) groups is 1. The molecular formula is C29H34N2O4. The van der Waals surface area contributed by atoms with Gasteiger partial charge in [0, 0.05) is 49.0 Å². The molecule has 184 valence electrons. The molecular weight excluding hydrogens is 440 g/mol. The molecule has 2 heterocycles. The highest BCUT2D eigenvalue weighted by molar-refractivity contribution is 6.09. The monoisotopic (exact) mass is 474 g/mol. The average Bonchev–Trinajstić information content (AvgIpc) is 3.20. The summed E-state index contributed by atoms with van der Waals surface area (Å²) in [7, 11) is 5.99. The molecule has 1 saturated carbocycles. The van der Waals surface area contributed by atoms with E-state index in [1.165, 1.54) is 5.57 Å². The van der Waals surface area contributed by atoms with Crippen molar-refractivity contribution in [2.45, 2.75) is 50.0 Å². The number of aliphatic hydroxyl groups excluding tert-OH is 1. The summed E-state index contributed by atoms with van der Waals surface area (Å²) >= 11 is 0. The van der Waals surface area contributed by atoms with Gasteiger partial charge in [-0.25, -0.2) is 0 Å². The van der Waals surface area contributed by atoms with Crippen LogP contribution in [0.3, 0.4) is 0 Å². The highest BCUT2D eigenvalue weighted by Crippen LogP contribution is 2.66. The minimum absolute atomic E-state index is 0.181. The molecule has 6 atom stereocenters. The van der Waals surface area contributed by atoms with Crippen LogP contribution in [0.2, 0.25) is 0 Å². The van der Waals surface area contributed by atoms with Crippen molar-refractivity contribution in [1.29, 1.82) is 0 Å². The zero-order chi connectivity index (χ0) is 24.7. The van der Waals surface area contributed by atoms with Gasteiger partial charge in [0.15, 0.2) is 11.4 Å². The summed E-state index contributed by atoms with van der Waals surface area (Å²) in [6.07, 6.45) is 6.69. The van der Waals surface area contributed by atoms with Crippen molar-refractivity contribution in [2.75, 3.05) is 27.7 Å². The topological polar surface area (TPSA) is 73.2 Å². The number of piperidine rings is 1. The minimum atomic E-state index is -1.79. The molecule has 0 radical (unpaired) electrons. The lowest BCUT2D eigenvalue weighted by Gasteiger charge is -2.58. The number of ketones is 1. The first-order valence-corrected chi connectivity index (χ1v) is 12.6. The van der Waals surface area contributed by atoms with Crippen molar-refractivity contribution in [3.63, 3.8) is 0 Å². The normalized spacial score (nSPS) is 37.8. The van der Waals surface area contributed by atoms with Crippen LogP contribution >= 0.6 is 0 Å². The van der Waals surface area contributed by atoms with E-state index < -0.39 is 23.2 Å². The standard InChI is InChI=1S/C29H34N2O4/c1-17(24(30(2)3)18-8-6-5-7-9-18)25(33)29(34)13-12-19-16-21-20-10-11-22(32)26-28(20,14-15-31(21)4)23(19)27(29)35-26/h5-12,20-22,26,32,34H,13-16H2,1-4H3/b24-17-/t20-,21+,22-,26-,28-,29?/m0/s1. The molecule has 5 aliphatic rings. The molecule has 35 heavy (non-hydrogen) atoms. The second-order valence-electron chi connectivity index (χ2n) is 11.0. The molecule has 1 aromatic rings. The molecule has 6 rings (SSSR count). The van der Waals surface area contributed by atoms with E-state index in [9.17, 15) is 15.0 Å². The summed E-state index contributed by atoms with van der Waals surface area (Å²) in [4.78, 5) is 18.5. The van der Waals surface area contributed by atoms with Crippen LogP contribution in [-0.2, 0) is 9.53 Å². The van der Waals surface area contributed by atoms with E-state index in [1.54, 1.807) is 6.92 Å². The molecule has 2 aliphatic heterocycles. The van der Waals surface area contributed by atoms with E-state index in [0.717, 1.165) is 36.2 Å². The maximum Gasteiger partial charge on any atom is 0.200 e. The van der Waals surface area contributed by atoms with Gasteiger partial charge in [0.1, 0.15) is 18.0 Å². The Bertz CT molecular complexity index is 1210. The molecule has 6 heteroatoms. The predicted molar refractivity (Wildman–Crippen MR) is 134 cm³/mol. The second-order valence-corrected chi connectivity index (χ2v) is 11.0. The van der Waals surface area contributed by atoms with Crippen molar-refractivity contribution in [3.05, 3.63) is 76.6 Å². The van der Waals surface area contributed by atoms with Gasteiger partial charge in [-0.15, -0.1) is 0 Å². The number of hydrogen-bond acceptors (Lipinski definition) is 6. The van der Waals surface area contributed by atoms with Crippen LogP contribution in [0.25, 0.3) is 5.70 Å². The van der Waals surface area contributed by atoms with Crippen LogP contribution in [-0.4, -0.2) is 77.3 Å². The van der Waals surface area contributed by atoms with Gasteiger partial charge in [0.25, 0.3) is 0 Å². The lowest BCUT2D eigenvalue weighted by Crippen LogP contribution is -2.62.